The van der Waals surface area contributed by atoms with Gasteiger partial charge >= 0.3 is 5.69 Å². The summed E-state index contributed by atoms with van der Waals surface area (Å²) in [5.41, 5.74) is -0.134. The Balaban J connectivity index is 1.57. The van der Waals surface area contributed by atoms with E-state index in [4.69, 9.17) is 14.2 Å². The van der Waals surface area contributed by atoms with Gasteiger partial charge < -0.3 is 24.4 Å². The fourth-order valence-electron chi connectivity index (χ4n) is 4.93. The van der Waals surface area contributed by atoms with Crippen LogP contribution in [0.2, 0.25) is 0 Å². The summed E-state index contributed by atoms with van der Waals surface area (Å²) in [5, 5.41) is 21.6. The van der Waals surface area contributed by atoms with Gasteiger partial charge in [-0.1, -0.05) is 78.9 Å². The predicted molar refractivity (Wildman–Crippen MR) is 139 cm³/mol. The van der Waals surface area contributed by atoms with Crippen LogP contribution in [0.1, 0.15) is 22.9 Å². The standard InChI is InChI=1S/C29H28N2O7/c1-36-22-15-9-8-14-21(22)29(19-10-4-2-5-11-19,20-12-6-3-7-13-20)37-18-23-25(33)26(34)27(38-23)31-17-16-24(32)30-28(31)35/h2-17,23,25-27,33-34H,18H2,1H3,(H,30,32,35)/t23-,25?,26?,27-/m0/s1. The van der Waals surface area contributed by atoms with E-state index in [-0.39, 0.29) is 6.61 Å². The summed E-state index contributed by atoms with van der Waals surface area (Å²) in [6, 6.07) is 27.9. The molecule has 38 heavy (non-hydrogen) atoms. The summed E-state index contributed by atoms with van der Waals surface area (Å²) in [4.78, 5) is 25.9. The van der Waals surface area contributed by atoms with Crippen LogP contribution >= 0.6 is 0 Å². The van der Waals surface area contributed by atoms with E-state index in [0.29, 0.717) is 5.75 Å². The first-order chi connectivity index (χ1) is 18.5. The average Bonchev–Trinajstić information content (AvgIpc) is 3.23. The number of nitrogens with one attached hydrogen (secondary N) is 1. The molecule has 0 amide bonds. The van der Waals surface area contributed by atoms with E-state index < -0.39 is 41.4 Å². The van der Waals surface area contributed by atoms with Crippen molar-refractivity contribution in [2.24, 2.45) is 0 Å². The molecule has 0 bridgehead atoms. The molecule has 5 rings (SSSR count). The van der Waals surface area contributed by atoms with E-state index in [2.05, 4.69) is 4.98 Å². The van der Waals surface area contributed by atoms with Gasteiger partial charge in [0.1, 0.15) is 29.7 Å². The number of H-pyrrole nitrogens is 1. The number of hydrogen-bond acceptors (Lipinski definition) is 7. The van der Waals surface area contributed by atoms with Crippen LogP contribution in [0.15, 0.2) is 107 Å². The molecule has 3 N–H and O–H groups in total. The number of hydrogen-bond donors (Lipinski definition) is 3. The van der Waals surface area contributed by atoms with Gasteiger partial charge in [-0.15, -0.1) is 0 Å². The molecule has 2 unspecified atom stereocenters. The lowest BCUT2D eigenvalue weighted by Crippen LogP contribution is -2.40. The minimum absolute atomic E-state index is 0.144. The molecule has 9 heteroatoms. The van der Waals surface area contributed by atoms with Crippen molar-refractivity contribution in [3.05, 3.63) is 135 Å². The highest BCUT2D eigenvalue weighted by molar-refractivity contribution is 5.52. The summed E-state index contributed by atoms with van der Waals surface area (Å²) >= 11 is 0. The van der Waals surface area contributed by atoms with Gasteiger partial charge in [0.25, 0.3) is 5.56 Å². The summed E-state index contributed by atoms with van der Waals surface area (Å²) in [7, 11) is 1.59. The summed E-state index contributed by atoms with van der Waals surface area (Å²) in [6.45, 7) is -0.144. The van der Waals surface area contributed by atoms with Gasteiger partial charge in [-0.05, 0) is 17.2 Å². The van der Waals surface area contributed by atoms with Crippen LogP contribution in [0.25, 0.3) is 0 Å². The Morgan fingerprint density at radius 3 is 2.08 bits per heavy atom. The molecule has 0 saturated carbocycles. The number of aliphatic hydroxyl groups excluding tert-OH is 2. The van der Waals surface area contributed by atoms with Crippen molar-refractivity contribution in [2.75, 3.05) is 13.7 Å². The molecule has 4 aromatic rings. The van der Waals surface area contributed by atoms with Crippen molar-refractivity contribution < 1.29 is 24.4 Å². The van der Waals surface area contributed by atoms with Gasteiger partial charge in [-0.25, -0.2) is 4.79 Å². The molecule has 0 spiro atoms. The first-order valence-corrected chi connectivity index (χ1v) is 12.2. The number of methoxy groups -OCH3 is 1. The first kappa shape index (κ1) is 25.6. The Morgan fingerprint density at radius 1 is 0.868 bits per heavy atom. The van der Waals surface area contributed by atoms with Gasteiger partial charge in [0.15, 0.2) is 6.23 Å². The highest BCUT2D eigenvalue weighted by atomic mass is 16.6. The number of nitrogens with zero attached hydrogens (tertiary/aromatic N) is 1. The van der Waals surface area contributed by atoms with Gasteiger partial charge in [0.2, 0.25) is 0 Å². The Labute approximate surface area is 218 Å². The topological polar surface area (TPSA) is 123 Å². The Kier molecular flexibility index (Phi) is 7.26. The number of benzene rings is 3. The highest BCUT2D eigenvalue weighted by Gasteiger charge is 2.47. The largest absolute Gasteiger partial charge is 0.496 e. The second kappa shape index (κ2) is 10.8. The lowest BCUT2D eigenvalue weighted by Gasteiger charge is -2.37. The van der Waals surface area contributed by atoms with Gasteiger partial charge in [0, 0.05) is 17.8 Å². The molecule has 2 heterocycles. The predicted octanol–water partition coefficient (Wildman–Crippen LogP) is 2.17. The second-order valence-corrected chi connectivity index (χ2v) is 8.99. The average molecular weight is 517 g/mol. The number of para-hydroxylation sites is 1. The zero-order chi connectivity index (χ0) is 26.7. The number of aromatic amines is 1. The number of ether oxygens (including phenoxy) is 3. The van der Waals surface area contributed by atoms with E-state index in [1.807, 2.05) is 84.9 Å². The molecule has 9 nitrogen and oxygen atoms in total. The molecule has 0 aliphatic carbocycles. The maximum Gasteiger partial charge on any atom is 0.330 e. The van der Waals surface area contributed by atoms with Crippen LogP contribution in [-0.2, 0) is 15.1 Å². The molecule has 1 aromatic heterocycles. The summed E-state index contributed by atoms with van der Waals surface area (Å²) < 4.78 is 19.5. The molecule has 3 aromatic carbocycles. The second-order valence-electron chi connectivity index (χ2n) is 8.99. The smallest absolute Gasteiger partial charge is 0.330 e. The lowest BCUT2D eigenvalue weighted by molar-refractivity contribution is -0.0962. The molecule has 4 atom stereocenters. The maximum absolute atomic E-state index is 12.3. The van der Waals surface area contributed by atoms with Crippen molar-refractivity contribution in [2.45, 2.75) is 30.1 Å². The van der Waals surface area contributed by atoms with Crippen LogP contribution in [0.4, 0.5) is 0 Å². The molecule has 1 aliphatic rings. The lowest BCUT2D eigenvalue weighted by atomic mass is 9.79. The molecule has 196 valence electrons. The fraction of sp³-hybridized carbons (Fsp3) is 0.241. The van der Waals surface area contributed by atoms with Crippen molar-refractivity contribution in [1.82, 2.24) is 9.55 Å². The highest BCUT2D eigenvalue weighted by Crippen LogP contribution is 2.45. The number of aliphatic hydroxyl groups is 2. The van der Waals surface area contributed by atoms with Crippen LogP contribution in [0, 0.1) is 0 Å². The Hall–Kier alpha value is -4.02. The van der Waals surface area contributed by atoms with Crippen molar-refractivity contribution in [3.63, 3.8) is 0 Å². The van der Waals surface area contributed by atoms with E-state index in [0.717, 1.165) is 27.3 Å². The maximum atomic E-state index is 12.3. The van der Waals surface area contributed by atoms with E-state index in [1.165, 1.54) is 6.20 Å². The quantitative estimate of drug-likeness (QED) is 0.307. The minimum atomic E-state index is -1.43. The monoisotopic (exact) mass is 516 g/mol. The third-order valence-corrected chi connectivity index (χ3v) is 6.77. The van der Waals surface area contributed by atoms with E-state index in [9.17, 15) is 19.8 Å². The van der Waals surface area contributed by atoms with E-state index in [1.54, 1.807) is 7.11 Å². The van der Waals surface area contributed by atoms with Crippen LogP contribution in [-0.4, -0.2) is 51.8 Å². The molecule has 1 aliphatic heterocycles. The van der Waals surface area contributed by atoms with Gasteiger partial charge in [-0.3, -0.25) is 14.3 Å². The minimum Gasteiger partial charge on any atom is -0.496 e. The zero-order valence-electron chi connectivity index (χ0n) is 20.6. The normalized spacial score (nSPS) is 21.3. The van der Waals surface area contributed by atoms with E-state index >= 15 is 0 Å². The zero-order valence-corrected chi connectivity index (χ0v) is 20.6. The fourth-order valence-corrected chi connectivity index (χ4v) is 4.93. The van der Waals surface area contributed by atoms with Gasteiger partial charge in [-0.2, -0.15) is 0 Å². The third kappa shape index (κ3) is 4.57. The molecule has 1 fully saturated rings. The molecule has 0 radical (unpaired) electrons. The van der Waals surface area contributed by atoms with Crippen LogP contribution in [0.5, 0.6) is 5.75 Å². The Morgan fingerprint density at radius 2 is 1.47 bits per heavy atom. The van der Waals surface area contributed by atoms with Crippen LogP contribution < -0.4 is 16.0 Å². The number of rotatable bonds is 8. The van der Waals surface area contributed by atoms with Crippen molar-refractivity contribution in [3.8, 4) is 5.75 Å². The summed E-state index contributed by atoms with van der Waals surface area (Å²) in [5.74, 6) is 0.603. The third-order valence-electron chi connectivity index (χ3n) is 6.77. The Bertz CT molecular complexity index is 1450. The molecule has 1 saturated heterocycles. The van der Waals surface area contributed by atoms with Gasteiger partial charge in [0.05, 0.1) is 13.7 Å². The molecular weight excluding hydrogens is 488 g/mol. The first-order valence-electron chi connectivity index (χ1n) is 12.2. The van der Waals surface area contributed by atoms with Crippen molar-refractivity contribution in [1.29, 1.82) is 0 Å². The number of aromatic nitrogens is 2. The van der Waals surface area contributed by atoms with Crippen LogP contribution in [0.3, 0.4) is 0 Å². The SMILES string of the molecule is COc1ccccc1C(OC[C@@H]1O[C@H](n2ccc(=O)[nH]c2=O)C(O)C1O)(c1ccccc1)c1ccccc1. The van der Waals surface area contributed by atoms with Crippen molar-refractivity contribution >= 4 is 0 Å². The molecular formula is C29H28N2O7. The summed E-state index contributed by atoms with van der Waals surface area (Å²) in [6.07, 6.45) is -3.77.